The molecule has 1 aliphatic carbocycles. The lowest BCUT2D eigenvalue weighted by atomic mass is 9.83. The van der Waals surface area contributed by atoms with Crippen molar-refractivity contribution in [3.8, 4) is 0 Å². The van der Waals surface area contributed by atoms with E-state index in [4.69, 9.17) is 5.73 Å². The summed E-state index contributed by atoms with van der Waals surface area (Å²) in [5, 5.41) is 0. The highest BCUT2D eigenvalue weighted by atomic mass is 14.6. The molecule has 0 radical (unpaired) electrons. The Kier molecular flexibility index (Phi) is 4.00. The highest BCUT2D eigenvalue weighted by molar-refractivity contribution is 5.19. The summed E-state index contributed by atoms with van der Waals surface area (Å²) in [7, 11) is 0. The normalized spacial score (nSPS) is 28.4. The second-order valence-corrected chi connectivity index (χ2v) is 5.23. The average Bonchev–Trinajstić information content (AvgIpc) is 2.54. The van der Waals surface area contributed by atoms with Crippen molar-refractivity contribution in [1.82, 2.24) is 0 Å². The van der Waals surface area contributed by atoms with Crippen LogP contribution in [0.1, 0.15) is 50.5 Å². The van der Waals surface area contributed by atoms with Gasteiger partial charge in [0.15, 0.2) is 0 Å². The van der Waals surface area contributed by atoms with Crippen molar-refractivity contribution in [1.29, 1.82) is 0 Å². The van der Waals surface area contributed by atoms with Crippen molar-refractivity contribution < 1.29 is 0 Å². The van der Waals surface area contributed by atoms with E-state index < -0.39 is 0 Å². The van der Waals surface area contributed by atoms with Gasteiger partial charge in [-0.15, -0.1) is 0 Å². The maximum absolute atomic E-state index is 6.04. The van der Waals surface area contributed by atoms with E-state index in [0.717, 1.165) is 5.92 Å². The van der Waals surface area contributed by atoms with Crippen LogP contribution in [0.2, 0.25) is 0 Å². The van der Waals surface area contributed by atoms with Crippen LogP contribution < -0.4 is 5.73 Å². The third-order valence-corrected chi connectivity index (χ3v) is 4.09. The van der Waals surface area contributed by atoms with Crippen LogP contribution in [0.3, 0.4) is 0 Å². The first-order valence-corrected chi connectivity index (χ1v) is 6.58. The fraction of sp³-hybridized carbons (Fsp3) is 0.600. The fourth-order valence-electron chi connectivity index (χ4n) is 2.89. The van der Waals surface area contributed by atoms with E-state index in [1.165, 1.54) is 37.7 Å². The number of nitrogens with two attached hydrogens (primary N) is 1. The average molecular weight is 217 g/mol. The standard InChI is InChI=1S/C15H23N/c1-12(13-6-3-2-4-7-13)14-8-5-9-15(16)11-10-14/h2-4,6-7,12,14-15H,5,8-11,16H2,1H3. The van der Waals surface area contributed by atoms with Gasteiger partial charge >= 0.3 is 0 Å². The molecule has 3 unspecified atom stereocenters. The molecule has 1 aliphatic rings. The second-order valence-electron chi connectivity index (χ2n) is 5.23. The molecular formula is C15H23N. The van der Waals surface area contributed by atoms with Gasteiger partial charge in [0.1, 0.15) is 0 Å². The fourth-order valence-corrected chi connectivity index (χ4v) is 2.89. The molecule has 1 nitrogen and oxygen atoms in total. The Hall–Kier alpha value is -0.820. The minimum Gasteiger partial charge on any atom is -0.328 e. The third-order valence-electron chi connectivity index (χ3n) is 4.09. The molecule has 0 bridgehead atoms. The predicted octanol–water partition coefficient (Wildman–Crippen LogP) is 3.70. The highest BCUT2D eigenvalue weighted by Crippen LogP contribution is 2.34. The molecule has 0 spiro atoms. The molecule has 0 saturated heterocycles. The molecule has 1 heteroatoms. The zero-order chi connectivity index (χ0) is 11.4. The van der Waals surface area contributed by atoms with E-state index in [9.17, 15) is 0 Å². The van der Waals surface area contributed by atoms with Crippen LogP contribution in [0.15, 0.2) is 30.3 Å². The van der Waals surface area contributed by atoms with E-state index >= 15 is 0 Å². The van der Waals surface area contributed by atoms with Crippen molar-refractivity contribution >= 4 is 0 Å². The van der Waals surface area contributed by atoms with Gasteiger partial charge in [0, 0.05) is 6.04 Å². The summed E-state index contributed by atoms with van der Waals surface area (Å²) in [6, 6.07) is 11.4. The lowest BCUT2D eigenvalue weighted by Gasteiger charge is -2.22. The number of hydrogen-bond donors (Lipinski definition) is 1. The summed E-state index contributed by atoms with van der Waals surface area (Å²) in [5.41, 5.74) is 7.52. The van der Waals surface area contributed by atoms with Crippen LogP contribution in [-0.2, 0) is 0 Å². The summed E-state index contributed by atoms with van der Waals surface area (Å²) in [4.78, 5) is 0. The molecule has 2 N–H and O–H groups in total. The zero-order valence-corrected chi connectivity index (χ0v) is 10.2. The maximum atomic E-state index is 6.04. The first-order chi connectivity index (χ1) is 7.77. The van der Waals surface area contributed by atoms with Crippen LogP contribution in [0.4, 0.5) is 0 Å². The van der Waals surface area contributed by atoms with Crippen molar-refractivity contribution in [2.45, 2.75) is 51.0 Å². The van der Waals surface area contributed by atoms with Crippen LogP contribution in [0.25, 0.3) is 0 Å². The molecule has 0 aliphatic heterocycles. The zero-order valence-electron chi connectivity index (χ0n) is 10.2. The van der Waals surface area contributed by atoms with Crippen molar-refractivity contribution in [3.05, 3.63) is 35.9 Å². The van der Waals surface area contributed by atoms with E-state index in [1.807, 2.05) is 0 Å². The third kappa shape index (κ3) is 2.85. The maximum Gasteiger partial charge on any atom is 0.00389 e. The van der Waals surface area contributed by atoms with Gasteiger partial charge in [-0.3, -0.25) is 0 Å². The molecular weight excluding hydrogens is 194 g/mol. The van der Waals surface area contributed by atoms with Gasteiger partial charge < -0.3 is 5.73 Å². The predicted molar refractivity (Wildman–Crippen MR) is 69.4 cm³/mol. The van der Waals surface area contributed by atoms with Gasteiger partial charge in [0.05, 0.1) is 0 Å². The van der Waals surface area contributed by atoms with Crippen LogP contribution in [0.5, 0.6) is 0 Å². The second kappa shape index (κ2) is 5.49. The summed E-state index contributed by atoms with van der Waals surface area (Å²) in [6.45, 7) is 2.37. The summed E-state index contributed by atoms with van der Waals surface area (Å²) in [5.74, 6) is 1.52. The Labute approximate surface area is 99.0 Å². The molecule has 1 aromatic rings. The van der Waals surface area contributed by atoms with Crippen LogP contribution in [-0.4, -0.2) is 6.04 Å². The topological polar surface area (TPSA) is 26.0 Å². The smallest absolute Gasteiger partial charge is 0.00389 e. The van der Waals surface area contributed by atoms with Crippen LogP contribution >= 0.6 is 0 Å². The Morgan fingerprint density at radius 2 is 1.81 bits per heavy atom. The Morgan fingerprint density at radius 3 is 2.56 bits per heavy atom. The van der Waals surface area contributed by atoms with Crippen molar-refractivity contribution in [2.75, 3.05) is 0 Å². The SMILES string of the molecule is CC(c1ccccc1)C1CCCC(N)CC1. The molecule has 16 heavy (non-hydrogen) atoms. The van der Waals surface area contributed by atoms with Gasteiger partial charge in [-0.25, -0.2) is 0 Å². The van der Waals surface area contributed by atoms with E-state index in [1.54, 1.807) is 0 Å². The summed E-state index contributed by atoms with van der Waals surface area (Å²) >= 11 is 0. The minimum atomic E-state index is 0.452. The van der Waals surface area contributed by atoms with Gasteiger partial charge in [0.2, 0.25) is 0 Å². The quantitative estimate of drug-likeness (QED) is 0.751. The minimum absolute atomic E-state index is 0.452. The van der Waals surface area contributed by atoms with E-state index in [2.05, 4.69) is 37.3 Å². The molecule has 0 heterocycles. The lowest BCUT2D eigenvalue weighted by molar-refractivity contribution is 0.392. The molecule has 0 amide bonds. The lowest BCUT2D eigenvalue weighted by Crippen LogP contribution is -2.18. The number of benzene rings is 1. The van der Waals surface area contributed by atoms with Gasteiger partial charge in [-0.2, -0.15) is 0 Å². The molecule has 1 fully saturated rings. The first kappa shape index (κ1) is 11.7. The van der Waals surface area contributed by atoms with E-state index in [0.29, 0.717) is 12.0 Å². The number of rotatable bonds is 2. The first-order valence-electron chi connectivity index (χ1n) is 6.58. The molecule has 1 saturated carbocycles. The molecule has 0 aromatic heterocycles. The molecule has 1 aromatic carbocycles. The molecule has 3 atom stereocenters. The van der Waals surface area contributed by atoms with Crippen molar-refractivity contribution in [3.63, 3.8) is 0 Å². The Balaban J connectivity index is 2.01. The summed E-state index contributed by atoms with van der Waals surface area (Å²) < 4.78 is 0. The largest absolute Gasteiger partial charge is 0.328 e. The van der Waals surface area contributed by atoms with Gasteiger partial charge in [0.25, 0.3) is 0 Å². The number of hydrogen-bond acceptors (Lipinski definition) is 1. The Bertz CT molecular complexity index is 306. The molecule has 2 rings (SSSR count). The molecule has 88 valence electrons. The van der Waals surface area contributed by atoms with Crippen molar-refractivity contribution in [2.24, 2.45) is 11.7 Å². The Morgan fingerprint density at radius 1 is 1.06 bits per heavy atom. The highest BCUT2D eigenvalue weighted by Gasteiger charge is 2.22. The van der Waals surface area contributed by atoms with Gasteiger partial charge in [-0.1, -0.05) is 43.7 Å². The van der Waals surface area contributed by atoms with Crippen LogP contribution in [0, 0.1) is 5.92 Å². The monoisotopic (exact) mass is 217 g/mol. The summed E-state index contributed by atoms with van der Waals surface area (Å²) in [6.07, 6.45) is 6.39. The van der Waals surface area contributed by atoms with E-state index in [-0.39, 0.29) is 0 Å². The van der Waals surface area contributed by atoms with Gasteiger partial charge in [-0.05, 0) is 43.1 Å².